The maximum atomic E-state index is 5.26. The van der Waals surface area contributed by atoms with Crippen molar-refractivity contribution in [2.75, 3.05) is 0 Å². The highest BCUT2D eigenvalue weighted by Crippen LogP contribution is 2.63. The van der Waals surface area contributed by atoms with Gasteiger partial charge in [-0.05, 0) is 78.6 Å². The lowest BCUT2D eigenvalue weighted by molar-refractivity contribution is 0.586. The maximum absolute atomic E-state index is 5.26. The highest BCUT2D eigenvalue weighted by molar-refractivity contribution is 5.96. The molecule has 0 aliphatic heterocycles. The van der Waals surface area contributed by atoms with Gasteiger partial charge in [-0.25, -0.2) is 9.97 Å². The molecule has 2 nitrogen and oxygen atoms in total. The summed E-state index contributed by atoms with van der Waals surface area (Å²) in [5.74, 6) is 0.731. The molecule has 0 unspecified atom stereocenters. The molecule has 7 aromatic rings. The van der Waals surface area contributed by atoms with Crippen LogP contribution < -0.4 is 0 Å². The molecule has 0 fully saturated rings. The van der Waals surface area contributed by atoms with Gasteiger partial charge in [-0.1, -0.05) is 175 Å². The molecule has 0 saturated carbocycles. The molecule has 1 heterocycles. The Balaban J connectivity index is 1.35. The lowest BCUT2D eigenvalue weighted by atomic mass is 9.68. The van der Waals surface area contributed by atoms with Crippen LogP contribution in [-0.4, -0.2) is 9.97 Å². The third kappa shape index (κ3) is 4.84. The van der Waals surface area contributed by atoms with Gasteiger partial charge in [-0.15, -0.1) is 0 Å². The molecule has 9 rings (SSSR count). The largest absolute Gasteiger partial charge is 0.228 e. The van der Waals surface area contributed by atoms with E-state index in [0.717, 1.165) is 33.9 Å². The van der Waals surface area contributed by atoms with Crippen LogP contribution in [0.3, 0.4) is 0 Å². The highest BCUT2D eigenvalue weighted by atomic mass is 14.9. The standard InChI is InChI=1S/C49H42N2/c1-47(2,3)34-22-25-38-39-26-23-35(48(4,5)6)29-43(39)49(42(38)28-34)40-20-14-13-19-36(40)37-24-21-33(27-41(37)49)46-50-44(31-15-9-7-10-16-31)30-45(51-46)32-17-11-8-12-18-32/h7-30H,1-6H3. The van der Waals surface area contributed by atoms with Crippen molar-refractivity contribution >= 4 is 0 Å². The van der Waals surface area contributed by atoms with Crippen molar-refractivity contribution in [3.05, 3.63) is 179 Å². The van der Waals surface area contributed by atoms with Crippen LogP contribution >= 0.6 is 0 Å². The summed E-state index contributed by atoms with van der Waals surface area (Å²) < 4.78 is 0. The molecule has 0 N–H and O–H groups in total. The lowest BCUT2D eigenvalue weighted by Gasteiger charge is -2.33. The first-order valence-electron chi connectivity index (χ1n) is 18.1. The Hall–Kier alpha value is -5.60. The molecular formula is C49H42N2. The molecule has 2 heteroatoms. The Morgan fingerprint density at radius 1 is 0.373 bits per heavy atom. The molecule has 51 heavy (non-hydrogen) atoms. The third-order valence-electron chi connectivity index (χ3n) is 11.0. The summed E-state index contributed by atoms with van der Waals surface area (Å²) in [6, 6.07) is 53.5. The monoisotopic (exact) mass is 658 g/mol. The van der Waals surface area contributed by atoms with Crippen molar-refractivity contribution < 1.29 is 0 Å². The molecular weight excluding hydrogens is 617 g/mol. The van der Waals surface area contributed by atoms with Crippen LogP contribution in [0.4, 0.5) is 0 Å². The molecule has 2 aliphatic rings. The van der Waals surface area contributed by atoms with Crippen molar-refractivity contribution in [3.8, 4) is 56.2 Å². The average Bonchev–Trinajstić information content (AvgIpc) is 3.61. The molecule has 0 bridgehead atoms. The molecule has 248 valence electrons. The van der Waals surface area contributed by atoms with Crippen molar-refractivity contribution in [2.24, 2.45) is 0 Å². The Morgan fingerprint density at radius 3 is 1.31 bits per heavy atom. The minimum atomic E-state index is -0.478. The topological polar surface area (TPSA) is 25.8 Å². The Morgan fingerprint density at radius 2 is 0.804 bits per heavy atom. The summed E-state index contributed by atoms with van der Waals surface area (Å²) in [7, 11) is 0. The fourth-order valence-electron chi connectivity index (χ4n) is 8.35. The van der Waals surface area contributed by atoms with Gasteiger partial charge in [0.25, 0.3) is 0 Å². The van der Waals surface area contributed by atoms with E-state index in [1.807, 2.05) is 0 Å². The fraction of sp³-hybridized carbons (Fsp3) is 0.184. The van der Waals surface area contributed by atoms with Gasteiger partial charge in [0.1, 0.15) is 0 Å². The molecule has 0 amide bonds. The molecule has 1 spiro atoms. The number of rotatable bonds is 3. The average molecular weight is 659 g/mol. The predicted molar refractivity (Wildman–Crippen MR) is 212 cm³/mol. The van der Waals surface area contributed by atoms with Crippen molar-refractivity contribution in [2.45, 2.75) is 57.8 Å². The molecule has 0 radical (unpaired) electrons. The van der Waals surface area contributed by atoms with Gasteiger partial charge in [0.05, 0.1) is 16.8 Å². The Labute approximate surface area is 301 Å². The van der Waals surface area contributed by atoms with E-state index in [1.165, 1.54) is 55.6 Å². The Kier molecular flexibility index (Phi) is 6.89. The van der Waals surface area contributed by atoms with E-state index in [9.17, 15) is 0 Å². The summed E-state index contributed by atoms with van der Waals surface area (Å²) in [6.07, 6.45) is 0. The second-order valence-corrected chi connectivity index (χ2v) is 16.3. The van der Waals surface area contributed by atoms with Gasteiger partial charge in [0.15, 0.2) is 5.82 Å². The second-order valence-electron chi connectivity index (χ2n) is 16.3. The first-order chi connectivity index (χ1) is 24.5. The van der Waals surface area contributed by atoms with Crippen molar-refractivity contribution in [1.29, 1.82) is 0 Å². The predicted octanol–water partition coefficient (Wildman–Crippen LogP) is 12.4. The van der Waals surface area contributed by atoms with Gasteiger partial charge < -0.3 is 0 Å². The van der Waals surface area contributed by atoms with Crippen LogP contribution in [0, 0.1) is 0 Å². The minimum absolute atomic E-state index is 0.00389. The summed E-state index contributed by atoms with van der Waals surface area (Å²) in [4.78, 5) is 10.5. The van der Waals surface area contributed by atoms with E-state index in [0.29, 0.717) is 0 Å². The van der Waals surface area contributed by atoms with Crippen molar-refractivity contribution in [1.82, 2.24) is 9.97 Å². The quantitative estimate of drug-likeness (QED) is 0.189. The molecule has 1 aromatic heterocycles. The Bertz CT molecular complexity index is 2360. The van der Waals surface area contributed by atoms with E-state index in [2.05, 4.69) is 187 Å². The lowest BCUT2D eigenvalue weighted by Crippen LogP contribution is -2.27. The van der Waals surface area contributed by atoms with Crippen molar-refractivity contribution in [3.63, 3.8) is 0 Å². The van der Waals surface area contributed by atoms with Gasteiger partial charge in [0.2, 0.25) is 0 Å². The van der Waals surface area contributed by atoms with E-state index < -0.39 is 5.41 Å². The van der Waals surface area contributed by atoms with Crippen LogP contribution in [0.2, 0.25) is 0 Å². The number of fused-ring (bicyclic) bond motifs is 10. The number of hydrogen-bond donors (Lipinski definition) is 0. The van der Waals surface area contributed by atoms with Gasteiger partial charge in [0, 0.05) is 16.7 Å². The molecule has 6 aromatic carbocycles. The van der Waals surface area contributed by atoms with Gasteiger partial charge in [-0.3, -0.25) is 0 Å². The zero-order valence-electron chi connectivity index (χ0n) is 30.3. The zero-order chi connectivity index (χ0) is 35.1. The van der Waals surface area contributed by atoms with Crippen LogP contribution in [0.25, 0.3) is 56.2 Å². The van der Waals surface area contributed by atoms with E-state index in [4.69, 9.17) is 9.97 Å². The van der Waals surface area contributed by atoms with E-state index >= 15 is 0 Å². The third-order valence-corrected chi connectivity index (χ3v) is 11.0. The summed E-state index contributed by atoms with van der Waals surface area (Å²) in [5, 5.41) is 0. The smallest absolute Gasteiger partial charge is 0.160 e. The van der Waals surface area contributed by atoms with Crippen LogP contribution in [-0.2, 0) is 16.2 Å². The summed E-state index contributed by atoms with van der Waals surface area (Å²) in [6.45, 7) is 13.9. The summed E-state index contributed by atoms with van der Waals surface area (Å²) >= 11 is 0. The number of nitrogens with zero attached hydrogens (tertiary/aromatic N) is 2. The van der Waals surface area contributed by atoms with E-state index in [1.54, 1.807) is 0 Å². The zero-order valence-corrected chi connectivity index (χ0v) is 30.3. The number of benzene rings is 6. The fourth-order valence-corrected chi connectivity index (χ4v) is 8.35. The second kappa shape index (κ2) is 11.2. The number of hydrogen-bond acceptors (Lipinski definition) is 2. The van der Waals surface area contributed by atoms with Crippen LogP contribution in [0.1, 0.15) is 74.9 Å². The summed E-state index contributed by atoms with van der Waals surface area (Å²) in [5.41, 5.74) is 17.8. The highest BCUT2D eigenvalue weighted by Gasteiger charge is 2.52. The normalized spacial score (nSPS) is 13.8. The molecule has 0 saturated heterocycles. The number of aromatic nitrogens is 2. The maximum Gasteiger partial charge on any atom is 0.160 e. The van der Waals surface area contributed by atoms with Gasteiger partial charge in [-0.2, -0.15) is 0 Å². The van der Waals surface area contributed by atoms with Crippen LogP contribution in [0.15, 0.2) is 146 Å². The molecule has 2 aliphatic carbocycles. The first-order valence-corrected chi connectivity index (χ1v) is 18.1. The van der Waals surface area contributed by atoms with Crippen LogP contribution in [0.5, 0.6) is 0 Å². The SMILES string of the molecule is CC(C)(C)c1ccc2c(c1)C1(c3ccccc3-c3ccc(-c4nc(-c5ccccc5)cc(-c5ccccc5)n4)cc31)c1cc(C(C)(C)C)ccc1-2. The van der Waals surface area contributed by atoms with E-state index in [-0.39, 0.29) is 10.8 Å². The first kappa shape index (κ1) is 31.4. The van der Waals surface area contributed by atoms with Gasteiger partial charge >= 0.3 is 0 Å². The minimum Gasteiger partial charge on any atom is -0.228 e. The molecule has 0 atom stereocenters.